The summed E-state index contributed by atoms with van der Waals surface area (Å²) < 4.78 is 5.09. The second-order valence-electron chi connectivity index (χ2n) is 4.91. The van der Waals surface area contributed by atoms with Crippen LogP contribution in [0.4, 0.5) is 0 Å². The van der Waals surface area contributed by atoms with Crippen LogP contribution in [0.25, 0.3) is 0 Å². The Hall–Kier alpha value is -1.12. The van der Waals surface area contributed by atoms with Gasteiger partial charge in [-0.1, -0.05) is 26.0 Å². The second kappa shape index (κ2) is 8.06. The lowest BCUT2D eigenvalue weighted by molar-refractivity contribution is -0.145. The summed E-state index contributed by atoms with van der Waals surface area (Å²) >= 11 is 0. The van der Waals surface area contributed by atoms with Gasteiger partial charge in [0.2, 0.25) is 0 Å². The van der Waals surface area contributed by atoms with Crippen LogP contribution in [-0.4, -0.2) is 18.4 Å². The molecule has 2 unspecified atom stereocenters. The number of carbonyl (C=O) groups excluding carboxylic acids is 2. The summed E-state index contributed by atoms with van der Waals surface area (Å²) in [6.45, 7) is 4.54. The van der Waals surface area contributed by atoms with Gasteiger partial charge in [0.1, 0.15) is 5.78 Å². The number of allylic oxidation sites excluding steroid dienone is 2. The highest BCUT2D eigenvalue weighted by Gasteiger charge is 2.35. The Bertz CT molecular complexity index is 307. The second-order valence-corrected chi connectivity index (χ2v) is 4.91. The van der Waals surface area contributed by atoms with Crippen LogP contribution in [0.1, 0.15) is 52.4 Å². The minimum atomic E-state index is -0.152. The molecule has 1 rings (SSSR count). The van der Waals surface area contributed by atoms with Gasteiger partial charge in [-0.15, -0.1) is 0 Å². The Kier molecular flexibility index (Phi) is 6.69. The van der Waals surface area contributed by atoms with Crippen LogP contribution >= 0.6 is 0 Å². The molecule has 0 aromatic rings. The predicted octanol–water partition coefficient (Wildman–Crippen LogP) is 3.28. The van der Waals surface area contributed by atoms with Crippen molar-refractivity contribution in [3.8, 4) is 0 Å². The summed E-state index contributed by atoms with van der Waals surface area (Å²) in [6, 6.07) is 0. The van der Waals surface area contributed by atoms with Gasteiger partial charge >= 0.3 is 5.97 Å². The Morgan fingerprint density at radius 2 is 2.17 bits per heavy atom. The molecule has 18 heavy (non-hydrogen) atoms. The summed E-state index contributed by atoms with van der Waals surface area (Å²) in [5.41, 5.74) is 0. The number of hydrogen-bond acceptors (Lipinski definition) is 3. The summed E-state index contributed by atoms with van der Waals surface area (Å²) in [5.74, 6) is 0.371. The lowest BCUT2D eigenvalue weighted by atomic mass is 9.89. The fourth-order valence-electron chi connectivity index (χ4n) is 2.44. The molecule has 1 fully saturated rings. The molecule has 0 heterocycles. The van der Waals surface area contributed by atoms with Gasteiger partial charge in [0, 0.05) is 18.8 Å². The molecule has 0 spiro atoms. The minimum absolute atomic E-state index is 0.0296. The average molecular weight is 252 g/mol. The number of hydrogen-bond donors (Lipinski definition) is 0. The fourth-order valence-corrected chi connectivity index (χ4v) is 2.44. The Morgan fingerprint density at radius 3 is 2.83 bits per heavy atom. The normalized spacial score (nSPS) is 23.8. The van der Waals surface area contributed by atoms with E-state index in [0.717, 1.165) is 25.7 Å². The molecule has 0 N–H and O–H groups in total. The van der Waals surface area contributed by atoms with E-state index in [9.17, 15) is 9.59 Å². The van der Waals surface area contributed by atoms with Crippen molar-refractivity contribution in [1.29, 1.82) is 0 Å². The molecule has 0 bridgehead atoms. The van der Waals surface area contributed by atoms with Crippen LogP contribution in [0.2, 0.25) is 0 Å². The number of esters is 1. The van der Waals surface area contributed by atoms with E-state index in [1.54, 1.807) is 0 Å². The maximum Gasteiger partial charge on any atom is 0.306 e. The van der Waals surface area contributed by atoms with E-state index in [4.69, 9.17) is 4.74 Å². The summed E-state index contributed by atoms with van der Waals surface area (Å²) in [4.78, 5) is 23.4. The quantitative estimate of drug-likeness (QED) is 0.516. The molecule has 2 atom stereocenters. The lowest BCUT2D eigenvalue weighted by Crippen LogP contribution is -2.18. The molecule has 1 aliphatic rings. The Balaban J connectivity index is 2.45. The van der Waals surface area contributed by atoms with Crippen molar-refractivity contribution in [2.24, 2.45) is 11.8 Å². The zero-order valence-corrected chi connectivity index (χ0v) is 11.5. The molecular weight excluding hydrogens is 228 g/mol. The van der Waals surface area contributed by atoms with Crippen LogP contribution < -0.4 is 0 Å². The van der Waals surface area contributed by atoms with Crippen molar-refractivity contribution in [3.63, 3.8) is 0 Å². The van der Waals surface area contributed by atoms with E-state index in [-0.39, 0.29) is 17.8 Å². The van der Waals surface area contributed by atoms with Gasteiger partial charge in [0.25, 0.3) is 0 Å². The highest BCUT2D eigenvalue weighted by molar-refractivity contribution is 5.84. The van der Waals surface area contributed by atoms with Crippen LogP contribution in [0.15, 0.2) is 12.2 Å². The molecule has 1 aliphatic carbocycles. The predicted molar refractivity (Wildman–Crippen MR) is 71.1 cm³/mol. The van der Waals surface area contributed by atoms with Crippen molar-refractivity contribution >= 4 is 11.8 Å². The van der Waals surface area contributed by atoms with Gasteiger partial charge in [0.05, 0.1) is 6.61 Å². The number of Topliss-reactive ketones (excluding diaryl/α,β-unsaturated/α-hetero) is 1. The molecule has 0 aromatic carbocycles. The van der Waals surface area contributed by atoms with Crippen molar-refractivity contribution in [2.75, 3.05) is 6.61 Å². The fraction of sp³-hybridized carbons (Fsp3) is 0.733. The number of rotatable bonds is 7. The molecule has 0 saturated heterocycles. The van der Waals surface area contributed by atoms with E-state index in [0.29, 0.717) is 25.2 Å². The standard InChI is InChI=1S/C15H24O3/c1-3-5-6-7-13-12(8-9-14(13)16)11-15(17)18-10-4-2/h5-6,12-13H,3-4,7-11H2,1-2H3/b6-5+. The third kappa shape index (κ3) is 4.63. The van der Waals surface area contributed by atoms with Crippen LogP contribution in [0, 0.1) is 11.8 Å². The molecule has 102 valence electrons. The van der Waals surface area contributed by atoms with E-state index in [1.807, 2.05) is 6.92 Å². The largest absolute Gasteiger partial charge is 0.466 e. The third-order valence-corrected chi connectivity index (χ3v) is 3.43. The maximum atomic E-state index is 11.8. The first-order chi connectivity index (χ1) is 8.69. The molecule has 3 nitrogen and oxygen atoms in total. The van der Waals surface area contributed by atoms with Crippen molar-refractivity contribution in [2.45, 2.75) is 52.4 Å². The number of ether oxygens (including phenoxy) is 1. The van der Waals surface area contributed by atoms with E-state index in [2.05, 4.69) is 19.1 Å². The number of ketones is 1. The summed E-state index contributed by atoms with van der Waals surface area (Å²) in [7, 11) is 0. The lowest BCUT2D eigenvalue weighted by Gasteiger charge is -2.16. The van der Waals surface area contributed by atoms with E-state index < -0.39 is 0 Å². The van der Waals surface area contributed by atoms with E-state index in [1.165, 1.54) is 0 Å². The van der Waals surface area contributed by atoms with Crippen LogP contribution in [-0.2, 0) is 14.3 Å². The van der Waals surface area contributed by atoms with E-state index >= 15 is 0 Å². The Morgan fingerprint density at radius 1 is 1.39 bits per heavy atom. The molecule has 3 heteroatoms. The summed E-state index contributed by atoms with van der Waals surface area (Å²) in [6.07, 6.45) is 8.62. The van der Waals surface area contributed by atoms with Gasteiger partial charge in [-0.25, -0.2) is 0 Å². The van der Waals surface area contributed by atoms with Crippen molar-refractivity contribution in [3.05, 3.63) is 12.2 Å². The zero-order valence-electron chi connectivity index (χ0n) is 11.5. The molecule has 0 aliphatic heterocycles. The first-order valence-electron chi connectivity index (χ1n) is 7.02. The van der Waals surface area contributed by atoms with Gasteiger partial charge in [-0.2, -0.15) is 0 Å². The van der Waals surface area contributed by atoms with Gasteiger partial charge < -0.3 is 4.74 Å². The first kappa shape index (κ1) is 14.9. The average Bonchev–Trinajstić information content (AvgIpc) is 2.69. The maximum absolute atomic E-state index is 11.8. The van der Waals surface area contributed by atoms with Gasteiger partial charge in [0.15, 0.2) is 0 Å². The van der Waals surface area contributed by atoms with Gasteiger partial charge in [-0.3, -0.25) is 9.59 Å². The van der Waals surface area contributed by atoms with Gasteiger partial charge in [-0.05, 0) is 31.6 Å². The number of carbonyl (C=O) groups is 2. The monoisotopic (exact) mass is 252 g/mol. The first-order valence-corrected chi connectivity index (χ1v) is 7.02. The van der Waals surface area contributed by atoms with Crippen LogP contribution in [0.3, 0.4) is 0 Å². The highest BCUT2D eigenvalue weighted by Crippen LogP contribution is 2.34. The molecule has 0 aromatic heterocycles. The summed E-state index contributed by atoms with van der Waals surface area (Å²) in [5, 5.41) is 0. The third-order valence-electron chi connectivity index (χ3n) is 3.43. The molecule has 1 saturated carbocycles. The highest BCUT2D eigenvalue weighted by atomic mass is 16.5. The SMILES string of the molecule is CC/C=C/CC1C(=O)CCC1CC(=O)OCCC. The smallest absolute Gasteiger partial charge is 0.306 e. The topological polar surface area (TPSA) is 43.4 Å². The molecule has 0 amide bonds. The zero-order chi connectivity index (χ0) is 13.4. The minimum Gasteiger partial charge on any atom is -0.466 e. The Labute approximate surface area is 110 Å². The molecular formula is C15H24O3. The van der Waals surface area contributed by atoms with Crippen molar-refractivity contribution < 1.29 is 14.3 Å². The molecule has 0 radical (unpaired) electrons. The van der Waals surface area contributed by atoms with Crippen molar-refractivity contribution in [1.82, 2.24) is 0 Å². The van der Waals surface area contributed by atoms with Crippen LogP contribution in [0.5, 0.6) is 0 Å².